The van der Waals surface area contributed by atoms with Crippen molar-refractivity contribution in [3.63, 3.8) is 0 Å². The Labute approximate surface area is 121 Å². The number of phenolic OH excluding ortho intramolecular Hbond substituents is 8. The van der Waals surface area contributed by atoms with Crippen LogP contribution in [0, 0.1) is 0 Å². The van der Waals surface area contributed by atoms with E-state index in [9.17, 15) is 45.6 Å². The Kier molecular flexibility index (Phi) is 3.26. The number of hydrogen-bond acceptors (Lipinski definition) is 9. The van der Waals surface area contributed by atoms with Crippen molar-refractivity contribution in [2.75, 3.05) is 0 Å². The van der Waals surface area contributed by atoms with Crippen LogP contribution in [0.4, 0.5) is 0 Å². The van der Waals surface area contributed by atoms with Gasteiger partial charge in [0.2, 0.25) is 23.0 Å². The molecular weight excluding hydrogens is 300 g/mol. The van der Waals surface area contributed by atoms with Gasteiger partial charge in [-0.1, -0.05) is 0 Å². The number of aromatic hydroxyl groups is 8. The number of carbonyl (C=O) groups is 1. The van der Waals surface area contributed by atoms with Crippen LogP contribution in [0.2, 0.25) is 0 Å². The van der Waals surface area contributed by atoms with Gasteiger partial charge in [0.1, 0.15) is 11.3 Å². The summed E-state index contributed by atoms with van der Waals surface area (Å²) in [6, 6.07) is 1.15. The molecule has 0 aliphatic carbocycles. The van der Waals surface area contributed by atoms with Gasteiger partial charge in [-0.25, -0.2) is 0 Å². The fraction of sp³-hybridized carbons (Fsp3) is 0. The molecule has 8 N–H and O–H groups in total. The van der Waals surface area contributed by atoms with Gasteiger partial charge < -0.3 is 40.9 Å². The second kappa shape index (κ2) is 4.81. The van der Waals surface area contributed by atoms with E-state index in [2.05, 4.69) is 0 Å². The van der Waals surface area contributed by atoms with Crippen molar-refractivity contribution in [2.24, 2.45) is 0 Å². The molecule has 0 aromatic heterocycles. The van der Waals surface area contributed by atoms with Gasteiger partial charge in [0.15, 0.2) is 23.0 Å². The monoisotopic (exact) mass is 310 g/mol. The van der Waals surface area contributed by atoms with E-state index in [0.29, 0.717) is 12.1 Å². The summed E-state index contributed by atoms with van der Waals surface area (Å²) in [6.07, 6.45) is 0. The van der Waals surface area contributed by atoms with Gasteiger partial charge in [0.25, 0.3) is 0 Å². The first-order valence-electron chi connectivity index (χ1n) is 5.65. The van der Waals surface area contributed by atoms with E-state index < -0.39 is 62.9 Å². The molecule has 0 radical (unpaired) electrons. The molecule has 0 spiro atoms. The molecular formula is C13H10O9. The second-order valence-electron chi connectivity index (χ2n) is 4.31. The molecule has 0 amide bonds. The first-order chi connectivity index (χ1) is 10.2. The molecule has 0 bridgehead atoms. The van der Waals surface area contributed by atoms with Crippen LogP contribution in [0.25, 0.3) is 0 Å². The van der Waals surface area contributed by atoms with Gasteiger partial charge in [-0.15, -0.1) is 0 Å². The van der Waals surface area contributed by atoms with Gasteiger partial charge in [-0.05, 0) is 6.07 Å². The Balaban J connectivity index is 2.72. The summed E-state index contributed by atoms with van der Waals surface area (Å²) >= 11 is 0. The van der Waals surface area contributed by atoms with Crippen LogP contribution >= 0.6 is 0 Å². The van der Waals surface area contributed by atoms with Crippen LogP contribution in [-0.2, 0) is 0 Å². The van der Waals surface area contributed by atoms with Crippen molar-refractivity contribution >= 4 is 5.78 Å². The minimum Gasteiger partial charge on any atom is -0.507 e. The van der Waals surface area contributed by atoms with E-state index in [0.717, 1.165) is 0 Å². The first-order valence-corrected chi connectivity index (χ1v) is 5.65. The normalized spacial score (nSPS) is 10.5. The zero-order chi connectivity index (χ0) is 16.8. The van der Waals surface area contributed by atoms with Crippen LogP contribution in [0.5, 0.6) is 46.0 Å². The van der Waals surface area contributed by atoms with Gasteiger partial charge >= 0.3 is 0 Å². The van der Waals surface area contributed by atoms with Crippen LogP contribution in [0.1, 0.15) is 15.9 Å². The van der Waals surface area contributed by atoms with Crippen molar-refractivity contribution in [1.82, 2.24) is 0 Å². The summed E-state index contributed by atoms with van der Waals surface area (Å²) in [5, 5.41) is 75.4. The number of ketones is 1. The Morgan fingerprint density at radius 2 is 1.09 bits per heavy atom. The Morgan fingerprint density at radius 3 is 1.68 bits per heavy atom. The maximum Gasteiger partial charge on any atom is 0.205 e. The number of carbonyl (C=O) groups excluding carboxylic acids is 1. The zero-order valence-electron chi connectivity index (χ0n) is 10.6. The molecule has 2 rings (SSSR count). The Morgan fingerprint density at radius 1 is 0.591 bits per heavy atom. The lowest BCUT2D eigenvalue weighted by Crippen LogP contribution is -2.03. The molecule has 9 heteroatoms. The van der Waals surface area contributed by atoms with Crippen LogP contribution in [-0.4, -0.2) is 46.6 Å². The lowest BCUT2D eigenvalue weighted by atomic mass is 9.99. The Bertz CT molecular complexity index is 795. The minimum absolute atomic E-state index is 0.569. The van der Waals surface area contributed by atoms with Crippen LogP contribution in [0.15, 0.2) is 12.1 Å². The average Bonchev–Trinajstić information content (AvgIpc) is 2.46. The summed E-state index contributed by atoms with van der Waals surface area (Å²) in [7, 11) is 0. The van der Waals surface area contributed by atoms with E-state index in [1.54, 1.807) is 0 Å². The molecule has 2 aromatic rings. The first kappa shape index (κ1) is 14.9. The zero-order valence-corrected chi connectivity index (χ0v) is 10.6. The topological polar surface area (TPSA) is 179 Å². The largest absolute Gasteiger partial charge is 0.507 e. The van der Waals surface area contributed by atoms with E-state index in [-0.39, 0.29) is 0 Å². The molecule has 0 fully saturated rings. The molecule has 116 valence electrons. The number of benzene rings is 2. The summed E-state index contributed by atoms with van der Waals surface area (Å²) < 4.78 is 0. The van der Waals surface area contributed by atoms with Gasteiger partial charge in [0, 0.05) is 6.07 Å². The molecule has 22 heavy (non-hydrogen) atoms. The average molecular weight is 310 g/mol. The molecule has 0 saturated heterocycles. The molecule has 0 heterocycles. The SMILES string of the molecule is O=C(c1cc(O)c(O)c(O)c1O)c1c(O)cc(O)c(O)c1O. The standard InChI is InChI=1S/C13H10O9/c14-4-2-6(16)10(19)12(21)7(4)8(17)3-1-5(15)11(20)13(22)9(3)18/h1-2,14-16,18-22H. The molecule has 9 nitrogen and oxygen atoms in total. The third-order valence-electron chi connectivity index (χ3n) is 2.93. The van der Waals surface area contributed by atoms with Crippen molar-refractivity contribution in [1.29, 1.82) is 0 Å². The predicted octanol–water partition coefficient (Wildman–Crippen LogP) is 0.562. The van der Waals surface area contributed by atoms with Crippen molar-refractivity contribution in [3.05, 3.63) is 23.3 Å². The Hall–Kier alpha value is -3.49. The number of hydrogen-bond donors (Lipinski definition) is 8. The maximum absolute atomic E-state index is 12.2. The van der Waals surface area contributed by atoms with E-state index in [4.69, 9.17) is 0 Å². The maximum atomic E-state index is 12.2. The van der Waals surface area contributed by atoms with Crippen molar-refractivity contribution in [3.8, 4) is 46.0 Å². The summed E-state index contributed by atoms with van der Waals surface area (Å²) in [5.74, 6) is -9.71. The molecule has 2 aromatic carbocycles. The number of phenols is 8. The van der Waals surface area contributed by atoms with Crippen molar-refractivity contribution in [2.45, 2.75) is 0 Å². The lowest BCUT2D eigenvalue weighted by Gasteiger charge is -2.12. The summed E-state index contributed by atoms with van der Waals surface area (Å²) in [6.45, 7) is 0. The molecule has 0 unspecified atom stereocenters. The van der Waals surface area contributed by atoms with Gasteiger partial charge in [0.05, 0.1) is 5.56 Å². The fourth-order valence-corrected chi connectivity index (χ4v) is 1.80. The smallest absolute Gasteiger partial charge is 0.205 e. The molecule has 0 aliphatic rings. The van der Waals surface area contributed by atoms with E-state index in [1.165, 1.54) is 0 Å². The fourth-order valence-electron chi connectivity index (χ4n) is 1.80. The molecule has 0 saturated carbocycles. The van der Waals surface area contributed by atoms with Crippen LogP contribution in [0.3, 0.4) is 0 Å². The summed E-state index contributed by atoms with van der Waals surface area (Å²) in [5.41, 5.74) is -1.67. The van der Waals surface area contributed by atoms with Gasteiger partial charge in [-0.2, -0.15) is 0 Å². The quantitative estimate of drug-likeness (QED) is 0.223. The highest BCUT2D eigenvalue weighted by Gasteiger charge is 2.28. The van der Waals surface area contributed by atoms with E-state index in [1.807, 2.05) is 0 Å². The second-order valence-corrected chi connectivity index (χ2v) is 4.31. The lowest BCUT2D eigenvalue weighted by molar-refractivity contribution is 0.102. The van der Waals surface area contributed by atoms with Gasteiger partial charge in [-0.3, -0.25) is 4.79 Å². The highest BCUT2D eigenvalue weighted by atomic mass is 16.3. The minimum atomic E-state index is -1.30. The summed E-state index contributed by atoms with van der Waals surface area (Å²) in [4.78, 5) is 12.2. The third-order valence-corrected chi connectivity index (χ3v) is 2.93. The van der Waals surface area contributed by atoms with E-state index >= 15 is 0 Å². The highest BCUT2D eigenvalue weighted by molar-refractivity contribution is 6.15. The highest BCUT2D eigenvalue weighted by Crippen LogP contribution is 2.47. The molecule has 0 atom stereocenters. The van der Waals surface area contributed by atoms with Crippen molar-refractivity contribution < 1.29 is 45.6 Å². The third kappa shape index (κ3) is 2.00. The number of rotatable bonds is 2. The predicted molar refractivity (Wildman–Crippen MR) is 69.6 cm³/mol. The molecule has 0 aliphatic heterocycles. The van der Waals surface area contributed by atoms with Crippen LogP contribution < -0.4 is 0 Å².